The summed E-state index contributed by atoms with van der Waals surface area (Å²) in [5.74, 6) is 0. The van der Waals surface area contributed by atoms with E-state index >= 15 is 0 Å². The largest absolute Gasteiger partial charge is 0.308 e. The zero-order valence-corrected chi connectivity index (χ0v) is 39.3. The first kappa shape index (κ1) is 36.4. The van der Waals surface area contributed by atoms with Crippen molar-refractivity contribution in [3.8, 4) is 0 Å². The van der Waals surface area contributed by atoms with Gasteiger partial charge in [0.05, 0.1) is 33.1 Å². The van der Waals surface area contributed by atoms with Gasteiger partial charge in [-0.3, -0.25) is 0 Å². The van der Waals surface area contributed by atoms with E-state index in [2.05, 4.69) is 168 Å². The molecule has 4 aliphatic carbocycles. The fraction of sp³-hybridized carbons (Fsp3) is 0.483. The molecule has 2 nitrogen and oxygen atoms in total. The first-order valence-corrected chi connectivity index (χ1v) is 23.3. The number of nitrogens with zero attached hydrogens (tertiary/aromatic N) is 2. The van der Waals surface area contributed by atoms with Crippen LogP contribution in [-0.2, 0) is 43.3 Å². The Kier molecular flexibility index (Phi) is 5.86. The third-order valence-electron chi connectivity index (χ3n) is 17.8. The van der Waals surface area contributed by atoms with E-state index in [1.807, 2.05) is 0 Å². The number of rotatable bonds is 0. The second-order valence-electron chi connectivity index (χ2n) is 26.2. The molecule has 0 spiro atoms. The number of fused-ring (bicyclic) bond motifs is 20. The Morgan fingerprint density at radius 1 is 0.300 bits per heavy atom. The molecule has 0 bridgehead atoms. The summed E-state index contributed by atoms with van der Waals surface area (Å²) >= 11 is 0. The average Bonchev–Trinajstić information content (AvgIpc) is 3.93. The van der Waals surface area contributed by atoms with Crippen LogP contribution in [0.25, 0.3) is 76.2 Å². The van der Waals surface area contributed by atoms with E-state index < -0.39 is 0 Å². The Bertz CT molecular complexity index is 3290. The first-order valence-electron chi connectivity index (χ1n) is 23.3. The SMILES string of the molecule is CC1(C)CC(C)(C)c2cc3c(cc21)c1c2c4c5c(ccc4n4c6cc7c(cc6c(c6c8c9c(ccc8n3c16)C(C)(C)CC9(C)C)c24)C(C)(C)CC7(C)C)C(C)(C)CC5(C)C. The summed E-state index contributed by atoms with van der Waals surface area (Å²) in [4.78, 5) is 0. The molecule has 13 rings (SSSR count). The van der Waals surface area contributed by atoms with E-state index in [1.54, 1.807) is 33.4 Å². The van der Waals surface area contributed by atoms with Gasteiger partial charge in [0.2, 0.25) is 0 Å². The van der Waals surface area contributed by atoms with Gasteiger partial charge in [-0.15, -0.1) is 0 Å². The van der Waals surface area contributed by atoms with Crippen LogP contribution in [0.1, 0.15) is 181 Å². The van der Waals surface area contributed by atoms with E-state index in [0.29, 0.717) is 0 Å². The highest BCUT2D eigenvalue weighted by atomic mass is 15.0. The number of benzene rings is 5. The lowest BCUT2D eigenvalue weighted by Crippen LogP contribution is -2.18. The molecule has 0 atom stereocenters. The zero-order valence-electron chi connectivity index (χ0n) is 39.3. The molecule has 5 aromatic carbocycles. The van der Waals surface area contributed by atoms with Gasteiger partial charge in [0.15, 0.2) is 0 Å². The lowest BCUT2D eigenvalue weighted by atomic mass is 9.80. The summed E-state index contributed by atoms with van der Waals surface area (Å²) in [6.07, 6.45) is 4.65. The van der Waals surface area contributed by atoms with Crippen LogP contribution in [0.5, 0.6) is 0 Å². The number of aromatic nitrogens is 2. The van der Waals surface area contributed by atoms with E-state index in [0.717, 1.165) is 12.8 Å². The van der Waals surface area contributed by atoms with Crippen LogP contribution in [0.15, 0.2) is 48.5 Å². The lowest BCUT2D eigenvalue weighted by molar-refractivity contribution is 0.403. The third kappa shape index (κ3) is 3.82. The Hall–Kier alpha value is -4.30. The molecule has 2 heteroatoms. The Labute approximate surface area is 356 Å². The van der Waals surface area contributed by atoms with Crippen molar-refractivity contribution in [3.63, 3.8) is 0 Å². The standard InChI is InChI=1S/C58H64N2/c1-51(2)27-57(13,14)47-31(51)17-19-37-43(47)45-41-29-21-33-36(56(11,12)25-53(33,5)6)24-40(29)60-38-20-18-32-48(58(15,16)28-52(32,3)4)44(38)46(50(41)60)42-30-22-34-35(23-39(30)59(37)49(42)45)55(9,10)26-54(34,7)8/h17-24H,25-28H2,1-16H3. The van der Waals surface area contributed by atoms with Crippen LogP contribution in [0, 0.1) is 0 Å². The van der Waals surface area contributed by atoms with E-state index in [9.17, 15) is 0 Å². The number of hydrogen-bond donors (Lipinski definition) is 0. The van der Waals surface area contributed by atoms with Gasteiger partial charge in [-0.25, -0.2) is 0 Å². The summed E-state index contributed by atoms with van der Waals surface area (Å²) in [5.41, 5.74) is 21.6. The number of hydrogen-bond acceptors (Lipinski definition) is 0. The molecular formula is C58H64N2. The van der Waals surface area contributed by atoms with Gasteiger partial charge in [0.25, 0.3) is 0 Å². The topological polar surface area (TPSA) is 8.82 Å². The van der Waals surface area contributed by atoms with Crippen LogP contribution >= 0.6 is 0 Å². The van der Waals surface area contributed by atoms with Crippen molar-refractivity contribution in [1.82, 2.24) is 8.80 Å². The molecular weight excluding hydrogens is 725 g/mol. The summed E-state index contributed by atoms with van der Waals surface area (Å²) in [7, 11) is 0. The van der Waals surface area contributed by atoms with Gasteiger partial charge >= 0.3 is 0 Å². The van der Waals surface area contributed by atoms with E-state index in [-0.39, 0.29) is 43.3 Å². The van der Waals surface area contributed by atoms with Crippen LogP contribution < -0.4 is 0 Å². The Morgan fingerprint density at radius 3 is 0.950 bits per heavy atom. The smallest absolute Gasteiger partial charge is 0.0634 e. The molecule has 0 radical (unpaired) electrons. The van der Waals surface area contributed by atoms with E-state index in [4.69, 9.17) is 0 Å². The second-order valence-corrected chi connectivity index (χ2v) is 26.2. The molecule has 4 heterocycles. The van der Waals surface area contributed by atoms with Gasteiger partial charge in [-0.2, -0.15) is 0 Å². The maximum absolute atomic E-state index is 2.79. The maximum Gasteiger partial charge on any atom is 0.0634 e. The molecule has 4 aromatic heterocycles. The van der Waals surface area contributed by atoms with Gasteiger partial charge < -0.3 is 8.80 Å². The maximum atomic E-state index is 2.79. The van der Waals surface area contributed by atoms with Crippen LogP contribution in [0.2, 0.25) is 0 Å². The molecule has 0 saturated carbocycles. The molecule has 60 heavy (non-hydrogen) atoms. The van der Waals surface area contributed by atoms with Crippen molar-refractivity contribution in [2.75, 3.05) is 0 Å². The van der Waals surface area contributed by atoms with Gasteiger partial charge in [-0.1, -0.05) is 123 Å². The fourth-order valence-electron chi connectivity index (χ4n) is 16.9. The highest BCUT2D eigenvalue weighted by Gasteiger charge is 2.49. The molecule has 0 unspecified atom stereocenters. The Morgan fingerprint density at radius 2 is 0.600 bits per heavy atom. The average molecular weight is 789 g/mol. The first-order chi connectivity index (χ1) is 27.7. The molecule has 0 amide bonds. The minimum Gasteiger partial charge on any atom is -0.308 e. The second kappa shape index (κ2) is 9.67. The monoisotopic (exact) mass is 789 g/mol. The van der Waals surface area contributed by atoms with Crippen molar-refractivity contribution in [2.24, 2.45) is 0 Å². The summed E-state index contributed by atoms with van der Waals surface area (Å²) in [6, 6.07) is 20.9. The molecule has 0 fully saturated rings. The van der Waals surface area contributed by atoms with E-state index in [1.165, 1.54) is 100 Å². The fourth-order valence-corrected chi connectivity index (χ4v) is 16.9. The Balaban J connectivity index is 1.41. The normalized spacial score (nSPS) is 23.5. The third-order valence-corrected chi connectivity index (χ3v) is 17.8. The predicted octanol–water partition coefficient (Wildman–Crippen LogP) is 15.8. The van der Waals surface area contributed by atoms with Crippen LogP contribution in [-0.4, -0.2) is 8.80 Å². The lowest BCUT2D eigenvalue weighted by Gasteiger charge is -2.23. The molecule has 4 aliphatic rings. The van der Waals surface area contributed by atoms with Gasteiger partial charge in [-0.05, 0) is 150 Å². The highest BCUT2D eigenvalue weighted by Crippen LogP contribution is 2.62. The van der Waals surface area contributed by atoms with Crippen LogP contribution in [0.3, 0.4) is 0 Å². The van der Waals surface area contributed by atoms with Crippen molar-refractivity contribution in [1.29, 1.82) is 0 Å². The van der Waals surface area contributed by atoms with Crippen molar-refractivity contribution < 1.29 is 0 Å². The molecule has 306 valence electrons. The molecule has 0 saturated heterocycles. The van der Waals surface area contributed by atoms with Crippen molar-refractivity contribution in [3.05, 3.63) is 93.0 Å². The van der Waals surface area contributed by atoms with Gasteiger partial charge in [0, 0.05) is 43.1 Å². The van der Waals surface area contributed by atoms with Crippen molar-refractivity contribution in [2.45, 2.75) is 180 Å². The van der Waals surface area contributed by atoms with Crippen molar-refractivity contribution >= 4 is 76.2 Å². The molecule has 0 N–H and O–H groups in total. The van der Waals surface area contributed by atoms with Gasteiger partial charge in [0.1, 0.15) is 0 Å². The minimum atomic E-state index is 0.0415. The molecule has 0 aliphatic heterocycles. The zero-order chi connectivity index (χ0) is 42.3. The minimum absolute atomic E-state index is 0.0415. The summed E-state index contributed by atoms with van der Waals surface area (Å²) < 4.78 is 5.57. The van der Waals surface area contributed by atoms with Crippen LogP contribution in [0.4, 0.5) is 0 Å². The molecule has 9 aromatic rings. The quantitative estimate of drug-likeness (QED) is 0.145. The predicted molar refractivity (Wildman–Crippen MR) is 258 cm³/mol. The summed E-state index contributed by atoms with van der Waals surface area (Å²) in [5, 5.41) is 11.9. The summed E-state index contributed by atoms with van der Waals surface area (Å²) in [6.45, 7) is 40.1. The highest BCUT2D eigenvalue weighted by molar-refractivity contribution is 6.45.